The number of likely N-dealkylation sites (tertiary alicyclic amines) is 1. The first-order valence-electron chi connectivity index (χ1n) is 10.1. The highest BCUT2D eigenvalue weighted by Crippen LogP contribution is 2.27. The van der Waals surface area contributed by atoms with Gasteiger partial charge in [0.05, 0.1) is 28.2 Å². The second-order valence-electron chi connectivity index (χ2n) is 8.85. The fourth-order valence-electron chi connectivity index (χ4n) is 4.32. The molecule has 8 nitrogen and oxygen atoms in total. The van der Waals surface area contributed by atoms with Crippen LogP contribution < -0.4 is 5.56 Å². The van der Waals surface area contributed by atoms with Gasteiger partial charge in [-0.05, 0) is 45.2 Å². The molecular weight excluding hydrogens is 408 g/mol. The van der Waals surface area contributed by atoms with Gasteiger partial charge in [-0.25, -0.2) is 4.79 Å². The third-order valence-electron chi connectivity index (χ3n) is 5.75. The van der Waals surface area contributed by atoms with Gasteiger partial charge in [0.2, 0.25) is 0 Å². The summed E-state index contributed by atoms with van der Waals surface area (Å²) in [6, 6.07) is 2.74. The number of fused-ring (bicyclic) bond motifs is 1. The maximum absolute atomic E-state index is 12.1. The molecule has 30 heavy (non-hydrogen) atoms. The number of aliphatic hydroxyl groups excluding tert-OH is 1. The highest BCUT2D eigenvalue weighted by molar-refractivity contribution is 6.32. The summed E-state index contributed by atoms with van der Waals surface area (Å²) in [4.78, 5) is 31.6. The summed E-state index contributed by atoms with van der Waals surface area (Å²) in [6.07, 6.45) is 0.945. The lowest BCUT2D eigenvalue weighted by Crippen LogP contribution is -2.60. The summed E-state index contributed by atoms with van der Waals surface area (Å²) in [7, 11) is 1.70. The van der Waals surface area contributed by atoms with Gasteiger partial charge in [-0.2, -0.15) is 0 Å². The Hall–Kier alpha value is -2.16. The van der Waals surface area contributed by atoms with Crippen molar-refractivity contribution in [3.05, 3.63) is 39.3 Å². The molecule has 0 unspecified atom stereocenters. The first-order valence-corrected chi connectivity index (χ1v) is 10.4. The van der Waals surface area contributed by atoms with E-state index in [-0.39, 0.29) is 5.56 Å². The van der Waals surface area contributed by atoms with E-state index in [9.17, 15) is 19.8 Å². The Bertz CT molecular complexity index is 1000. The Balaban J connectivity index is 1.75. The van der Waals surface area contributed by atoms with Crippen molar-refractivity contribution in [2.75, 3.05) is 19.6 Å². The summed E-state index contributed by atoms with van der Waals surface area (Å²) in [6.45, 7) is 7.18. The van der Waals surface area contributed by atoms with E-state index in [0.29, 0.717) is 43.0 Å². The summed E-state index contributed by atoms with van der Waals surface area (Å²) in [5, 5.41) is 20.8. The molecule has 2 aromatic heterocycles. The SMILES string of the molecule is Cn1c(=O)ccc2ncc(Cl)c(CCN3CC[C@H](N(C(=O)O)C(C)(C)C)[C@@H](O)C3)c21. The maximum atomic E-state index is 12.1. The van der Waals surface area contributed by atoms with Crippen LogP contribution in [-0.4, -0.2) is 73.0 Å². The predicted octanol–water partition coefficient (Wildman–Crippen LogP) is 2.34. The lowest BCUT2D eigenvalue weighted by molar-refractivity contribution is -0.0347. The van der Waals surface area contributed by atoms with E-state index in [1.165, 1.54) is 11.0 Å². The van der Waals surface area contributed by atoms with Crippen molar-refractivity contribution >= 4 is 28.7 Å². The van der Waals surface area contributed by atoms with E-state index in [1.54, 1.807) is 23.9 Å². The van der Waals surface area contributed by atoms with Crippen molar-refractivity contribution in [3.8, 4) is 0 Å². The number of hydrogen-bond donors (Lipinski definition) is 2. The maximum Gasteiger partial charge on any atom is 0.408 e. The van der Waals surface area contributed by atoms with Crippen LogP contribution in [0.4, 0.5) is 4.79 Å². The third kappa shape index (κ3) is 4.45. The average Bonchev–Trinajstić information content (AvgIpc) is 2.64. The van der Waals surface area contributed by atoms with Gasteiger partial charge in [0.15, 0.2) is 0 Å². The number of aliphatic hydroxyl groups is 1. The minimum atomic E-state index is -1.02. The molecule has 1 aliphatic rings. The smallest absolute Gasteiger partial charge is 0.408 e. The van der Waals surface area contributed by atoms with Crippen molar-refractivity contribution in [3.63, 3.8) is 0 Å². The number of carbonyl (C=O) groups is 1. The van der Waals surface area contributed by atoms with Crippen molar-refractivity contribution in [2.45, 2.75) is 51.3 Å². The van der Waals surface area contributed by atoms with E-state index in [2.05, 4.69) is 9.88 Å². The number of pyridine rings is 2. The number of hydrogen-bond acceptors (Lipinski definition) is 5. The molecule has 1 saturated heterocycles. The topological polar surface area (TPSA) is 98.9 Å². The first kappa shape index (κ1) is 22.5. The Morgan fingerprint density at radius 3 is 2.67 bits per heavy atom. The number of piperidine rings is 1. The lowest BCUT2D eigenvalue weighted by Gasteiger charge is -2.46. The van der Waals surface area contributed by atoms with E-state index < -0.39 is 23.8 Å². The summed E-state index contributed by atoms with van der Waals surface area (Å²) >= 11 is 6.41. The van der Waals surface area contributed by atoms with E-state index in [0.717, 1.165) is 11.1 Å². The molecule has 0 aromatic carbocycles. The van der Waals surface area contributed by atoms with Gasteiger partial charge in [-0.3, -0.25) is 14.7 Å². The quantitative estimate of drug-likeness (QED) is 0.763. The molecule has 1 aliphatic heterocycles. The first-order chi connectivity index (χ1) is 14.0. The molecule has 0 saturated carbocycles. The largest absolute Gasteiger partial charge is 0.465 e. The van der Waals surface area contributed by atoms with Crippen molar-refractivity contribution in [2.24, 2.45) is 7.05 Å². The van der Waals surface area contributed by atoms with Gasteiger partial charge in [0.25, 0.3) is 5.56 Å². The van der Waals surface area contributed by atoms with Gasteiger partial charge >= 0.3 is 6.09 Å². The van der Waals surface area contributed by atoms with Crippen LogP contribution in [0, 0.1) is 0 Å². The number of amides is 1. The highest BCUT2D eigenvalue weighted by atomic mass is 35.5. The molecule has 0 bridgehead atoms. The van der Waals surface area contributed by atoms with Gasteiger partial charge < -0.3 is 19.7 Å². The Morgan fingerprint density at radius 1 is 1.37 bits per heavy atom. The lowest BCUT2D eigenvalue weighted by atomic mass is 9.94. The second-order valence-corrected chi connectivity index (χ2v) is 9.25. The summed E-state index contributed by atoms with van der Waals surface area (Å²) < 4.78 is 1.55. The van der Waals surface area contributed by atoms with Crippen LogP contribution >= 0.6 is 11.6 Å². The summed E-state index contributed by atoms with van der Waals surface area (Å²) in [5.41, 5.74) is 1.56. The van der Waals surface area contributed by atoms with Crippen LogP contribution in [-0.2, 0) is 13.5 Å². The molecule has 2 N–H and O–H groups in total. The zero-order chi connectivity index (χ0) is 22.2. The number of rotatable bonds is 4. The number of carboxylic acid groups (broad SMARTS) is 1. The molecular formula is C21H29ClN4O4. The summed E-state index contributed by atoms with van der Waals surface area (Å²) in [5.74, 6) is 0. The molecule has 2 atom stereocenters. The van der Waals surface area contributed by atoms with E-state index in [1.807, 2.05) is 20.8 Å². The van der Waals surface area contributed by atoms with E-state index >= 15 is 0 Å². The molecule has 164 valence electrons. The van der Waals surface area contributed by atoms with Crippen LogP contribution in [0.25, 0.3) is 11.0 Å². The molecule has 0 radical (unpaired) electrons. The Kier molecular flexibility index (Phi) is 6.40. The zero-order valence-corrected chi connectivity index (χ0v) is 18.6. The van der Waals surface area contributed by atoms with Crippen LogP contribution in [0.15, 0.2) is 23.1 Å². The Labute approximate surface area is 180 Å². The molecule has 1 amide bonds. The van der Waals surface area contributed by atoms with Crippen molar-refractivity contribution < 1.29 is 15.0 Å². The highest BCUT2D eigenvalue weighted by Gasteiger charge is 2.39. The van der Waals surface area contributed by atoms with Gasteiger partial charge in [-0.1, -0.05) is 11.6 Å². The number of halogens is 1. The number of β-amino-alcohol motifs (C(OH)–C–C–N with tert-alkyl or cyclic N) is 1. The minimum absolute atomic E-state index is 0.125. The zero-order valence-electron chi connectivity index (χ0n) is 17.8. The molecule has 3 heterocycles. The second kappa shape index (κ2) is 8.53. The molecule has 0 spiro atoms. The fourth-order valence-corrected chi connectivity index (χ4v) is 4.56. The fraction of sp³-hybridized carbons (Fsp3) is 0.571. The molecule has 3 rings (SSSR count). The predicted molar refractivity (Wildman–Crippen MR) is 116 cm³/mol. The normalized spacial score (nSPS) is 20.5. The van der Waals surface area contributed by atoms with Gasteiger partial charge in [-0.15, -0.1) is 0 Å². The van der Waals surface area contributed by atoms with E-state index in [4.69, 9.17) is 11.6 Å². The number of aryl methyl sites for hydroxylation is 1. The standard InChI is InChI=1S/C21H29ClN4O4/c1-21(2,3)26(20(29)30)16-8-10-25(12-17(16)27)9-7-13-14(22)11-23-15-5-6-18(28)24(4)19(13)15/h5-6,11,16-17,27H,7-10,12H2,1-4H3,(H,29,30)/t16-,17-/m0/s1. The number of aromatic nitrogens is 2. The van der Waals surface area contributed by atoms with Crippen LogP contribution in [0.3, 0.4) is 0 Å². The van der Waals surface area contributed by atoms with Crippen LogP contribution in [0.1, 0.15) is 32.8 Å². The van der Waals surface area contributed by atoms with Crippen LogP contribution in [0.2, 0.25) is 5.02 Å². The monoisotopic (exact) mass is 436 g/mol. The molecule has 1 fully saturated rings. The number of nitrogens with zero attached hydrogens (tertiary/aromatic N) is 4. The van der Waals surface area contributed by atoms with Crippen molar-refractivity contribution in [1.29, 1.82) is 0 Å². The molecule has 9 heteroatoms. The van der Waals surface area contributed by atoms with Crippen molar-refractivity contribution in [1.82, 2.24) is 19.4 Å². The third-order valence-corrected chi connectivity index (χ3v) is 6.08. The minimum Gasteiger partial charge on any atom is -0.465 e. The van der Waals surface area contributed by atoms with Gasteiger partial charge in [0.1, 0.15) is 0 Å². The van der Waals surface area contributed by atoms with Gasteiger partial charge in [0, 0.05) is 44.5 Å². The average molecular weight is 437 g/mol. The molecule has 2 aromatic rings. The molecule has 0 aliphatic carbocycles. The van der Waals surface area contributed by atoms with Crippen LogP contribution in [0.5, 0.6) is 0 Å². The Morgan fingerprint density at radius 2 is 2.07 bits per heavy atom.